The van der Waals surface area contributed by atoms with E-state index in [-0.39, 0.29) is 29.3 Å². The first-order valence-electron chi connectivity index (χ1n) is 19.1. The Kier molecular flexibility index (Phi) is 14.3. The van der Waals surface area contributed by atoms with Crippen LogP contribution in [0.3, 0.4) is 0 Å². The molecule has 3 heterocycles. The molecule has 56 heavy (non-hydrogen) atoms. The lowest BCUT2D eigenvalue weighted by Crippen LogP contribution is -2.45. The standard InChI is InChI=1S/C41H46FN3O6.C4H10O/c1-28-21-34(42)39(36(46)22-28)32-12-8-11-31(24-32)35-26-45-37(43-35)23-29(2)33(25-38(47)48-4)40(45)44-15-13-41(3,14-16-44)51-20-19-49-17-18-50-27-30-9-6-5-7-10-30;1-4(2,3)5/h5-12,21-24,26,46H,13-20,25,27H2,1-4H3;5H,1-3H3. The number of rotatable bonds is 14. The Morgan fingerprint density at radius 2 is 1.57 bits per heavy atom. The number of nitrogens with zero attached hydrogens (tertiary/aromatic N) is 3. The molecule has 5 aromatic rings. The minimum absolute atomic E-state index is 0.109. The number of aliphatic hydroxyl groups is 1. The Morgan fingerprint density at radius 3 is 2.25 bits per heavy atom. The van der Waals surface area contributed by atoms with Crippen molar-refractivity contribution in [2.45, 2.75) is 78.6 Å². The number of aromatic nitrogens is 2. The van der Waals surface area contributed by atoms with E-state index < -0.39 is 11.4 Å². The average molecular weight is 770 g/mol. The summed E-state index contributed by atoms with van der Waals surface area (Å²) in [7, 11) is 1.40. The maximum absolute atomic E-state index is 15.0. The van der Waals surface area contributed by atoms with Crippen molar-refractivity contribution in [2.75, 3.05) is 51.5 Å². The van der Waals surface area contributed by atoms with Gasteiger partial charge in [0.2, 0.25) is 0 Å². The van der Waals surface area contributed by atoms with Gasteiger partial charge in [0.1, 0.15) is 23.0 Å². The summed E-state index contributed by atoms with van der Waals surface area (Å²) in [6.07, 6.45) is 3.66. The number of imidazole rings is 1. The summed E-state index contributed by atoms with van der Waals surface area (Å²) in [5.41, 5.74) is 5.70. The highest BCUT2D eigenvalue weighted by Crippen LogP contribution is 2.37. The van der Waals surface area contributed by atoms with Crippen LogP contribution in [0.15, 0.2) is 79.0 Å². The second-order valence-electron chi connectivity index (χ2n) is 15.6. The van der Waals surface area contributed by atoms with Crippen molar-refractivity contribution in [1.29, 1.82) is 0 Å². The number of fused-ring (bicyclic) bond motifs is 1. The third-order valence-electron chi connectivity index (χ3n) is 9.54. The van der Waals surface area contributed by atoms with Crippen LogP contribution >= 0.6 is 0 Å². The van der Waals surface area contributed by atoms with E-state index in [1.165, 1.54) is 13.2 Å². The fourth-order valence-corrected chi connectivity index (χ4v) is 6.70. The second kappa shape index (κ2) is 18.9. The molecule has 1 saturated heterocycles. The summed E-state index contributed by atoms with van der Waals surface area (Å²) in [5, 5.41) is 19.1. The lowest BCUT2D eigenvalue weighted by Gasteiger charge is -2.41. The van der Waals surface area contributed by atoms with E-state index in [1.54, 1.807) is 39.8 Å². The number of pyridine rings is 1. The van der Waals surface area contributed by atoms with Gasteiger partial charge in [0.15, 0.2) is 0 Å². The third-order valence-corrected chi connectivity index (χ3v) is 9.54. The number of phenolic OH excluding ortho intramolecular Hbond substituents is 1. The summed E-state index contributed by atoms with van der Waals surface area (Å²) < 4.78 is 39.9. The molecule has 0 saturated carbocycles. The highest BCUT2D eigenvalue weighted by atomic mass is 19.1. The highest BCUT2D eigenvalue weighted by molar-refractivity contribution is 5.79. The molecule has 0 bridgehead atoms. The number of carbonyl (C=O) groups excluding carboxylic acids is 1. The van der Waals surface area contributed by atoms with E-state index in [0.29, 0.717) is 62.9 Å². The zero-order valence-electron chi connectivity index (χ0n) is 33.7. The van der Waals surface area contributed by atoms with Gasteiger partial charge in [-0.1, -0.05) is 48.5 Å². The lowest BCUT2D eigenvalue weighted by molar-refractivity contribution is -0.139. The van der Waals surface area contributed by atoms with Crippen LogP contribution in [0, 0.1) is 19.7 Å². The maximum atomic E-state index is 15.0. The van der Waals surface area contributed by atoms with Crippen molar-refractivity contribution in [3.63, 3.8) is 0 Å². The highest BCUT2D eigenvalue weighted by Gasteiger charge is 2.33. The van der Waals surface area contributed by atoms with Gasteiger partial charge in [-0.2, -0.15) is 0 Å². The van der Waals surface area contributed by atoms with Crippen molar-refractivity contribution in [3.8, 4) is 28.1 Å². The number of ether oxygens (including phenoxy) is 4. The molecule has 0 unspecified atom stereocenters. The van der Waals surface area contributed by atoms with E-state index in [4.69, 9.17) is 29.0 Å². The number of carbonyl (C=O) groups is 1. The number of aromatic hydroxyl groups is 1. The van der Waals surface area contributed by atoms with Crippen LogP contribution < -0.4 is 4.90 Å². The van der Waals surface area contributed by atoms with Gasteiger partial charge in [-0.05, 0) is 101 Å². The predicted molar refractivity (Wildman–Crippen MR) is 218 cm³/mol. The number of anilines is 1. The molecule has 1 aliphatic rings. The number of hydrogen-bond acceptors (Lipinski definition) is 9. The van der Waals surface area contributed by atoms with Crippen LogP contribution in [0.1, 0.15) is 62.8 Å². The number of aryl methyl sites for hydroxylation is 2. The fourth-order valence-electron chi connectivity index (χ4n) is 6.70. The van der Waals surface area contributed by atoms with Crippen LogP contribution in [-0.2, 0) is 36.8 Å². The molecular weight excluding hydrogens is 714 g/mol. The lowest BCUT2D eigenvalue weighted by atomic mass is 9.92. The molecular formula is C45H56FN3O7. The molecule has 0 radical (unpaired) electrons. The SMILES string of the molecule is CC(C)(C)O.COC(=O)Cc1c(C)cc2nc(-c3cccc(-c4c(O)cc(C)cc4F)c3)cn2c1N1CCC(C)(OCCOCCOCc2ccccc2)CC1. The summed E-state index contributed by atoms with van der Waals surface area (Å²) in [6.45, 7) is 15.1. The second-order valence-corrected chi connectivity index (χ2v) is 15.6. The minimum atomic E-state index is -0.500. The summed E-state index contributed by atoms with van der Waals surface area (Å²) in [5.74, 6) is -0.0127. The van der Waals surface area contributed by atoms with Gasteiger partial charge in [-0.15, -0.1) is 0 Å². The number of benzene rings is 3. The van der Waals surface area contributed by atoms with E-state index >= 15 is 0 Å². The van der Waals surface area contributed by atoms with E-state index in [0.717, 1.165) is 46.6 Å². The average Bonchev–Trinajstić information content (AvgIpc) is 3.56. The molecule has 0 spiro atoms. The maximum Gasteiger partial charge on any atom is 0.310 e. The normalized spacial score (nSPS) is 14.1. The molecule has 6 rings (SSSR count). The van der Waals surface area contributed by atoms with Gasteiger partial charge < -0.3 is 34.1 Å². The summed E-state index contributed by atoms with van der Waals surface area (Å²) in [6, 6.07) is 22.4. The molecule has 1 fully saturated rings. The summed E-state index contributed by atoms with van der Waals surface area (Å²) >= 11 is 0. The molecule has 11 heteroatoms. The quantitative estimate of drug-likeness (QED) is 0.0852. The number of hydrogen-bond donors (Lipinski definition) is 2. The first-order valence-corrected chi connectivity index (χ1v) is 19.1. The molecule has 0 atom stereocenters. The molecule has 0 aliphatic carbocycles. The van der Waals surface area contributed by atoms with Crippen molar-refractivity contribution in [1.82, 2.24) is 9.38 Å². The number of esters is 1. The number of phenols is 1. The Bertz CT molecular complexity index is 2040. The van der Waals surface area contributed by atoms with E-state index in [9.17, 15) is 14.3 Å². The monoisotopic (exact) mass is 769 g/mol. The zero-order chi connectivity index (χ0) is 40.5. The topological polar surface area (TPSA) is 115 Å². The van der Waals surface area contributed by atoms with Crippen LogP contribution in [0.25, 0.3) is 28.0 Å². The molecule has 1 aliphatic heterocycles. The van der Waals surface area contributed by atoms with Crippen LogP contribution in [-0.4, -0.2) is 83.4 Å². The predicted octanol–water partition coefficient (Wildman–Crippen LogP) is 8.23. The summed E-state index contributed by atoms with van der Waals surface area (Å²) in [4.78, 5) is 19.9. The Morgan fingerprint density at radius 1 is 0.911 bits per heavy atom. The molecule has 2 aromatic heterocycles. The molecule has 3 aromatic carbocycles. The van der Waals surface area contributed by atoms with Gasteiger partial charge in [0.25, 0.3) is 0 Å². The zero-order valence-corrected chi connectivity index (χ0v) is 33.7. The van der Waals surface area contributed by atoms with Gasteiger partial charge in [-0.25, -0.2) is 9.37 Å². The van der Waals surface area contributed by atoms with Gasteiger partial charge in [0, 0.05) is 30.4 Å². The Balaban J connectivity index is 0.00000113. The molecule has 300 valence electrons. The largest absolute Gasteiger partial charge is 0.507 e. The Labute approximate surface area is 329 Å². The van der Waals surface area contributed by atoms with Crippen molar-refractivity contribution in [3.05, 3.63) is 107 Å². The van der Waals surface area contributed by atoms with Crippen molar-refractivity contribution >= 4 is 17.4 Å². The molecule has 0 amide bonds. The van der Waals surface area contributed by atoms with Crippen LogP contribution in [0.4, 0.5) is 10.2 Å². The van der Waals surface area contributed by atoms with Crippen LogP contribution in [0.5, 0.6) is 5.75 Å². The first kappa shape index (κ1) is 42.3. The minimum Gasteiger partial charge on any atom is -0.507 e. The number of piperidine rings is 1. The number of methoxy groups -OCH3 is 1. The van der Waals surface area contributed by atoms with Crippen molar-refractivity contribution in [2.24, 2.45) is 0 Å². The first-order chi connectivity index (χ1) is 26.6. The Hall–Kier alpha value is -4.81. The van der Waals surface area contributed by atoms with E-state index in [1.807, 2.05) is 72.1 Å². The van der Waals surface area contributed by atoms with Gasteiger partial charge >= 0.3 is 5.97 Å². The number of halogens is 1. The fraction of sp³-hybridized carbons (Fsp3) is 0.422. The molecule has 2 N–H and O–H groups in total. The van der Waals surface area contributed by atoms with Gasteiger partial charge in [-0.3, -0.25) is 9.20 Å². The van der Waals surface area contributed by atoms with Crippen LogP contribution in [0.2, 0.25) is 0 Å². The van der Waals surface area contributed by atoms with Crippen molar-refractivity contribution < 1.29 is 38.3 Å². The van der Waals surface area contributed by atoms with E-state index in [2.05, 4.69) is 11.8 Å². The molecule has 10 nitrogen and oxygen atoms in total. The smallest absolute Gasteiger partial charge is 0.310 e. The third kappa shape index (κ3) is 11.6. The van der Waals surface area contributed by atoms with Gasteiger partial charge in [0.05, 0.1) is 69.0 Å².